The zero-order chi connectivity index (χ0) is 44.3. The molecule has 2 aliphatic carbocycles. The number of alkyl halides is 2. The number of nitrogens with one attached hydrogen (secondary N) is 3. The summed E-state index contributed by atoms with van der Waals surface area (Å²) in [7, 11) is 0. The number of carbonyl (C=O) groups is 5. The number of hydrogen-bond acceptors (Lipinski definition) is 11. The molecule has 0 bridgehead atoms. The number of amides is 5. The van der Waals surface area contributed by atoms with Crippen LogP contribution in [0.15, 0.2) is 53.1 Å². The van der Waals surface area contributed by atoms with E-state index >= 15 is 0 Å². The highest BCUT2D eigenvalue weighted by Gasteiger charge is 2.48. The minimum atomic E-state index is -2.85. The Morgan fingerprint density at radius 2 is 1.73 bits per heavy atom. The molecular weight excluding hydrogens is 827 g/mol. The lowest BCUT2D eigenvalue weighted by Crippen LogP contribution is -2.54. The summed E-state index contributed by atoms with van der Waals surface area (Å²) >= 11 is 0. The van der Waals surface area contributed by atoms with Gasteiger partial charge in [-0.25, -0.2) is 8.78 Å². The molecule has 3 N–H and O–H groups in total. The monoisotopic (exact) mass is 880 g/mol. The minimum Gasteiger partial charge on any atom is -0.440 e. The second-order valence-electron chi connectivity index (χ2n) is 18.9. The summed E-state index contributed by atoms with van der Waals surface area (Å²) in [4.78, 5) is 70.3. The van der Waals surface area contributed by atoms with Crippen LogP contribution in [0.3, 0.4) is 0 Å². The summed E-state index contributed by atoms with van der Waals surface area (Å²) < 4.78 is 42.1. The first-order valence-corrected chi connectivity index (χ1v) is 22.8. The fraction of sp³-hybridized carbons (Fsp3) is 0.532. The van der Waals surface area contributed by atoms with Crippen LogP contribution in [0, 0.1) is 17.3 Å². The molecule has 338 valence electrons. The molecule has 6 aliphatic rings. The molecule has 6 heterocycles. The van der Waals surface area contributed by atoms with E-state index in [0.717, 1.165) is 81.3 Å². The van der Waals surface area contributed by atoms with Crippen LogP contribution < -0.4 is 20.9 Å². The molecule has 2 aromatic heterocycles. The number of likely N-dealkylation sites (tertiary alicyclic amines) is 1. The number of imide groups is 2. The normalized spacial score (nSPS) is 25.2. The second kappa shape index (κ2) is 17.0. The lowest BCUT2D eigenvalue weighted by Gasteiger charge is -2.53. The van der Waals surface area contributed by atoms with E-state index in [1.54, 1.807) is 41.2 Å². The van der Waals surface area contributed by atoms with Crippen LogP contribution >= 0.6 is 0 Å². The Kier molecular flexibility index (Phi) is 11.3. The number of ether oxygens (including phenoxy) is 1. The third-order valence-electron chi connectivity index (χ3n) is 14.8. The van der Waals surface area contributed by atoms with E-state index < -0.39 is 47.7 Å². The molecular formula is C47H54F2N8O7. The molecule has 4 aromatic rings. The molecule has 17 heteroatoms. The topological polar surface area (TPSA) is 171 Å². The number of furan rings is 1. The van der Waals surface area contributed by atoms with Gasteiger partial charge in [-0.2, -0.15) is 5.10 Å². The predicted molar refractivity (Wildman–Crippen MR) is 232 cm³/mol. The SMILES string of the molecule is C[C@@H]1COCCN1c1cc2cccc(C(=O)Nc3cn(C4CCC(CN5CCC6(CC5)CC(CNc5cccc7c5C(=O)N(C5CCC(=O)NC5=O)C7=O)C6)CC4)nc3C(F)F)c2o1. The van der Waals surface area contributed by atoms with E-state index in [1.807, 2.05) is 19.1 Å². The van der Waals surface area contributed by atoms with Crippen molar-refractivity contribution in [3.8, 4) is 0 Å². The van der Waals surface area contributed by atoms with Crippen molar-refractivity contribution in [3.05, 3.63) is 71.0 Å². The molecule has 5 fully saturated rings. The number of aromatic nitrogens is 2. The summed E-state index contributed by atoms with van der Waals surface area (Å²) in [6.45, 7) is 7.65. The van der Waals surface area contributed by atoms with Crippen LogP contribution in [0.4, 0.5) is 26.0 Å². The summed E-state index contributed by atoms with van der Waals surface area (Å²) in [6.07, 6.45) is 6.96. The Bertz CT molecular complexity index is 2480. The fourth-order valence-corrected chi connectivity index (χ4v) is 11.3. The number of piperidine rings is 2. The standard InChI is InChI=1S/C47H54F2N8O7/c1-27-26-63-19-18-55(27)38-20-30-4-2-6-33(41(30)64-38)43(59)51-35-25-56(53-40(35)42(48)49)31-10-8-28(9-11-31)24-54-16-14-47(15-17-54)21-29(22-47)23-50-34-7-3-5-32-39(34)46(62)57(45(32)61)36-12-13-37(58)52-44(36)60/h2-7,20,25,27-29,31,36,42,50H,8-19,21-24,26H2,1H3,(H,51,59)(H,52,58,60)/t27-,28?,31?,36?/m1/s1. The van der Waals surface area contributed by atoms with Crippen molar-refractivity contribution >= 4 is 57.8 Å². The molecule has 4 aliphatic heterocycles. The van der Waals surface area contributed by atoms with Gasteiger partial charge in [0.1, 0.15) is 11.6 Å². The number of benzene rings is 2. The first-order chi connectivity index (χ1) is 30.9. The molecule has 2 saturated carbocycles. The Morgan fingerprint density at radius 1 is 0.953 bits per heavy atom. The predicted octanol–water partition coefficient (Wildman–Crippen LogP) is 6.78. The first kappa shape index (κ1) is 42.3. The molecule has 1 spiro atoms. The van der Waals surface area contributed by atoms with Crippen LogP contribution in [-0.4, -0.2) is 107 Å². The highest BCUT2D eigenvalue weighted by molar-refractivity contribution is 6.25. The number of rotatable bonds is 11. The van der Waals surface area contributed by atoms with Gasteiger partial charge in [0.15, 0.2) is 11.6 Å². The lowest BCUT2D eigenvalue weighted by molar-refractivity contribution is -0.136. The van der Waals surface area contributed by atoms with Gasteiger partial charge in [-0.15, -0.1) is 0 Å². The average Bonchev–Trinajstić information content (AvgIpc) is 3.97. The number of fused-ring (bicyclic) bond motifs is 2. The van der Waals surface area contributed by atoms with Crippen molar-refractivity contribution in [2.24, 2.45) is 17.3 Å². The Morgan fingerprint density at radius 3 is 2.48 bits per heavy atom. The van der Waals surface area contributed by atoms with E-state index in [4.69, 9.17) is 9.15 Å². The van der Waals surface area contributed by atoms with Gasteiger partial charge in [0, 0.05) is 49.4 Å². The number of halogens is 2. The fourth-order valence-electron chi connectivity index (χ4n) is 11.3. The van der Waals surface area contributed by atoms with E-state index in [9.17, 15) is 32.8 Å². The van der Waals surface area contributed by atoms with Crippen LogP contribution in [0.25, 0.3) is 11.0 Å². The maximum Gasteiger partial charge on any atom is 0.284 e. The Hall–Kier alpha value is -5.68. The average molecular weight is 881 g/mol. The molecule has 64 heavy (non-hydrogen) atoms. The van der Waals surface area contributed by atoms with Crippen LogP contribution in [0.1, 0.15) is 120 Å². The highest BCUT2D eigenvalue weighted by atomic mass is 19.3. The van der Waals surface area contributed by atoms with Gasteiger partial charge in [-0.1, -0.05) is 18.2 Å². The number of morpholine rings is 1. The van der Waals surface area contributed by atoms with Gasteiger partial charge >= 0.3 is 0 Å². The van der Waals surface area contributed by atoms with Crippen molar-refractivity contribution < 1.29 is 41.9 Å². The molecule has 0 radical (unpaired) electrons. The van der Waals surface area contributed by atoms with Crippen LogP contribution in [0.2, 0.25) is 0 Å². The first-order valence-electron chi connectivity index (χ1n) is 22.8. The minimum absolute atomic E-state index is 0.0116. The number of para-hydroxylation sites is 1. The van der Waals surface area contributed by atoms with E-state index in [2.05, 4.69) is 30.8 Å². The van der Waals surface area contributed by atoms with Gasteiger partial charge in [-0.3, -0.25) is 38.9 Å². The Balaban J connectivity index is 0.688. The quantitative estimate of drug-likeness (QED) is 0.136. The van der Waals surface area contributed by atoms with Crippen molar-refractivity contribution in [2.45, 2.75) is 95.7 Å². The Labute approximate surface area is 369 Å². The molecule has 3 saturated heterocycles. The zero-order valence-electron chi connectivity index (χ0n) is 36.0. The van der Waals surface area contributed by atoms with E-state index in [-0.39, 0.29) is 47.3 Å². The maximum atomic E-state index is 14.3. The third kappa shape index (κ3) is 7.94. The highest BCUT2D eigenvalue weighted by Crippen LogP contribution is 2.53. The molecule has 2 atom stereocenters. The van der Waals surface area contributed by atoms with E-state index in [1.165, 1.54) is 0 Å². The van der Waals surface area contributed by atoms with Crippen molar-refractivity contribution in [1.29, 1.82) is 0 Å². The number of hydrogen-bond donors (Lipinski definition) is 3. The lowest BCUT2D eigenvalue weighted by atomic mass is 9.57. The third-order valence-corrected chi connectivity index (χ3v) is 14.8. The number of anilines is 3. The van der Waals surface area contributed by atoms with Gasteiger partial charge in [0.2, 0.25) is 11.8 Å². The summed E-state index contributed by atoms with van der Waals surface area (Å²) in [5, 5.41) is 13.5. The van der Waals surface area contributed by atoms with Gasteiger partial charge in [0.05, 0.1) is 47.7 Å². The molecule has 15 nitrogen and oxygen atoms in total. The van der Waals surface area contributed by atoms with Gasteiger partial charge in [0.25, 0.3) is 24.1 Å². The second-order valence-corrected chi connectivity index (χ2v) is 18.9. The molecule has 2 aromatic carbocycles. The van der Waals surface area contributed by atoms with Crippen molar-refractivity contribution in [3.63, 3.8) is 0 Å². The van der Waals surface area contributed by atoms with Crippen LogP contribution in [-0.2, 0) is 14.3 Å². The zero-order valence-corrected chi connectivity index (χ0v) is 36.0. The summed E-state index contributed by atoms with van der Waals surface area (Å²) in [6, 6.07) is 11.4. The summed E-state index contributed by atoms with van der Waals surface area (Å²) in [5.41, 5.74) is 1.72. The molecule has 1 unspecified atom stereocenters. The van der Waals surface area contributed by atoms with Gasteiger partial charge < -0.3 is 29.6 Å². The maximum absolute atomic E-state index is 14.3. The smallest absolute Gasteiger partial charge is 0.284 e. The van der Waals surface area contributed by atoms with E-state index in [0.29, 0.717) is 60.7 Å². The van der Waals surface area contributed by atoms with Crippen LogP contribution in [0.5, 0.6) is 0 Å². The van der Waals surface area contributed by atoms with Gasteiger partial charge in [-0.05, 0) is 113 Å². The number of carbonyl (C=O) groups excluding carboxylic acids is 5. The van der Waals surface area contributed by atoms with Crippen molar-refractivity contribution in [1.82, 2.24) is 24.9 Å². The molecule has 5 amide bonds. The largest absolute Gasteiger partial charge is 0.440 e. The van der Waals surface area contributed by atoms with Crippen molar-refractivity contribution in [2.75, 3.05) is 61.5 Å². The number of nitrogens with zero attached hydrogens (tertiary/aromatic N) is 5. The summed E-state index contributed by atoms with van der Waals surface area (Å²) in [5.74, 6) is -0.965. The molecule has 10 rings (SSSR count).